The highest BCUT2D eigenvalue weighted by molar-refractivity contribution is 5.40. The van der Waals surface area contributed by atoms with Gasteiger partial charge in [-0.15, -0.1) is 0 Å². The van der Waals surface area contributed by atoms with Crippen molar-refractivity contribution in [3.8, 4) is 0 Å². The van der Waals surface area contributed by atoms with Gasteiger partial charge in [-0.1, -0.05) is 12.1 Å². The predicted molar refractivity (Wildman–Crippen MR) is 81.1 cm³/mol. The molecule has 4 heteroatoms. The van der Waals surface area contributed by atoms with E-state index in [9.17, 15) is 0 Å². The summed E-state index contributed by atoms with van der Waals surface area (Å²) in [5, 5.41) is 0. The minimum absolute atomic E-state index is 0.863. The predicted octanol–water partition coefficient (Wildman–Crippen LogP) is 0.948. The van der Waals surface area contributed by atoms with E-state index in [-0.39, 0.29) is 0 Å². The van der Waals surface area contributed by atoms with Crippen LogP contribution in [0, 0.1) is 0 Å². The van der Waals surface area contributed by atoms with Gasteiger partial charge in [0, 0.05) is 51.5 Å². The smallest absolute Gasteiger partial charge is 0.0317 e. The first kappa shape index (κ1) is 14.3. The summed E-state index contributed by atoms with van der Waals surface area (Å²) in [6, 6.07) is 8.23. The van der Waals surface area contributed by atoms with Crippen LogP contribution in [0.5, 0.6) is 0 Å². The summed E-state index contributed by atoms with van der Waals surface area (Å²) in [4.78, 5) is 7.32. The van der Waals surface area contributed by atoms with Crippen LogP contribution in [-0.4, -0.2) is 68.1 Å². The zero-order valence-corrected chi connectivity index (χ0v) is 12.2. The Labute approximate surface area is 116 Å². The van der Waals surface area contributed by atoms with Crippen molar-refractivity contribution in [2.45, 2.75) is 6.54 Å². The summed E-state index contributed by atoms with van der Waals surface area (Å²) in [5.41, 5.74) is 8.01. The molecule has 0 spiro atoms. The van der Waals surface area contributed by atoms with Crippen molar-refractivity contribution in [2.24, 2.45) is 0 Å². The topological polar surface area (TPSA) is 35.7 Å². The minimum atomic E-state index is 0.863. The molecule has 0 bridgehead atoms. The average molecular weight is 262 g/mol. The molecule has 2 rings (SSSR count). The zero-order valence-electron chi connectivity index (χ0n) is 12.2. The normalized spacial score (nSPS) is 18.1. The number of nitrogens with zero attached hydrogens (tertiary/aromatic N) is 3. The van der Waals surface area contributed by atoms with Crippen LogP contribution in [0.4, 0.5) is 5.69 Å². The summed E-state index contributed by atoms with van der Waals surface area (Å²) in [6.07, 6.45) is 0. The lowest BCUT2D eigenvalue weighted by Gasteiger charge is -2.35. The molecule has 1 aliphatic heterocycles. The molecule has 1 heterocycles. The van der Waals surface area contributed by atoms with Crippen molar-refractivity contribution in [1.82, 2.24) is 14.7 Å². The van der Waals surface area contributed by atoms with Crippen molar-refractivity contribution in [3.63, 3.8) is 0 Å². The number of hydrogen-bond donors (Lipinski definition) is 1. The van der Waals surface area contributed by atoms with Gasteiger partial charge < -0.3 is 10.6 Å². The SMILES string of the molecule is CN(C)CCN1CCN(Cc2cccc(N)c2)CC1. The Bertz CT molecular complexity index is 383. The van der Waals surface area contributed by atoms with Crippen molar-refractivity contribution < 1.29 is 0 Å². The molecule has 0 saturated carbocycles. The van der Waals surface area contributed by atoms with Crippen LogP contribution in [0.2, 0.25) is 0 Å². The van der Waals surface area contributed by atoms with Crippen LogP contribution in [0.1, 0.15) is 5.56 Å². The number of benzene rings is 1. The minimum Gasteiger partial charge on any atom is -0.399 e. The van der Waals surface area contributed by atoms with Crippen LogP contribution in [-0.2, 0) is 6.54 Å². The van der Waals surface area contributed by atoms with Gasteiger partial charge in [0.1, 0.15) is 0 Å². The van der Waals surface area contributed by atoms with E-state index in [1.165, 1.54) is 25.2 Å². The highest BCUT2D eigenvalue weighted by Gasteiger charge is 2.16. The van der Waals surface area contributed by atoms with Gasteiger partial charge >= 0.3 is 0 Å². The van der Waals surface area contributed by atoms with E-state index < -0.39 is 0 Å². The number of likely N-dealkylation sites (N-methyl/N-ethyl adjacent to an activating group) is 1. The number of piperazine rings is 1. The maximum absolute atomic E-state index is 5.82. The second-order valence-electron chi connectivity index (χ2n) is 5.67. The largest absolute Gasteiger partial charge is 0.399 e. The van der Waals surface area contributed by atoms with E-state index in [0.29, 0.717) is 0 Å². The van der Waals surface area contributed by atoms with E-state index in [0.717, 1.165) is 31.9 Å². The summed E-state index contributed by atoms with van der Waals surface area (Å²) in [6.45, 7) is 8.01. The Morgan fingerprint density at radius 3 is 2.42 bits per heavy atom. The van der Waals surface area contributed by atoms with E-state index in [4.69, 9.17) is 5.73 Å². The van der Waals surface area contributed by atoms with E-state index in [1.54, 1.807) is 0 Å². The average Bonchev–Trinajstić information content (AvgIpc) is 2.38. The number of hydrogen-bond acceptors (Lipinski definition) is 4. The van der Waals surface area contributed by atoms with Gasteiger partial charge in [0.25, 0.3) is 0 Å². The van der Waals surface area contributed by atoms with Gasteiger partial charge in [-0.2, -0.15) is 0 Å². The molecule has 0 unspecified atom stereocenters. The van der Waals surface area contributed by atoms with Crippen molar-refractivity contribution in [1.29, 1.82) is 0 Å². The van der Waals surface area contributed by atoms with Gasteiger partial charge in [0.2, 0.25) is 0 Å². The Hall–Kier alpha value is -1.10. The molecule has 1 saturated heterocycles. The van der Waals surface area contributed by atoms with E-state index in [1.807, 2.05) is 12.1 Å². The molecule has 0 amide bonds. The summed E-state index contributed by atoms with van der Waals surface area (Å²) in [5.74, 6) is 0. The molecule has 1 fully saturated rings. The first-order chi connectivity index (χ1) is 9.13. The van der Waals surface area contributed by atoms with Gasteiger partial charge in [-0.25, -0.2) is 0 Å². The molecule has 1 aromatic carbocycles. The molecule has 0 atom stereocenters. The van der Waals surface area contributed by atoms with Crippen molar-refractivity contribution in [2.75, 3.05) is 59.1 Å². The molecule has 106 valence electrons. The molecular formula is C15H26N4. The number of rotatable bonds is 5. The molecule has 0 aromatic heterocycles. The Morgan fingerprint density at radius 1 is 1.11 bits per heavy atom. The van der Waals surface area contributed by atoms with Crippen LogP contribution >= 0.6 is 0 Å². The van der Waals surface area contributed by atoms with Crippen molar-refractivity contribution >= 4 is 5.69 Å². The standard InChI is InChI=1S/C15H26N4/c1-17(2)6-7-18-8-10-19(11-9-18)13-14-4-3-5-15(16)12-14/h3-5,12H,6-11,13,16H2,1-2H3. The first-order valence-corrected chi connectivity index (χ1v) is 7.07. The first-order valence-electron chi connectivity index (χ1n) is 7.07. The quantitative estimate of drug-likeness (QED) is 0.802. The third-order valence-electron chi connectivity index (χ3n) is 3.69. The summed E-state index contributed by atoms with van der Waals surface area (Å²) < 4.78 is 0. The second kappa shape index (κ2) is 6.89. The van der Waals surface area contributed by atoms with E-state index in [2.05, 4.69) is 40.9 Å². The monoisotopic (exact) mass is 262 g/mol. The Balaban J connectivity index is 1.74. The molecular weight excluding hydrogens is 236 g/mol. The lowest BCUT2D eigenvalue weighted by Crippen LogP contribution is -2.47. The lowest BCUT2D eigenvalue weighted by atomic mass is 10.2. The van der Waals surface area contributed by atoms with Gasteiger partial charge in [0.05, 0.1) is 0 Å². The number of nitrogens with two attached hydrogens (primary N) is 1. The molecule has 2 N–H and O–H groups in total. The van der Waals surface area contributed by atoms with Crippen LogP contribution in [0.25, 0.3) is 0 Å². The van der Waals surface area contributed by atoms with Crippen molar-refractivity contribution in [3.05, 3.63) is 29.8 Å². The maximum Gasteiger partial charge on any atom is 0.0317 e. The Kier molecular flexibility index (Phi) is 5.19. The van der Waals surface area contributed by atoms with Crippen LogP contribution < -0.4 is 5.73 Å². The maximum atomic E-state index is 5.82. The van der Waals surface area contributed by atoms with Crippen LogP contribution in [0.15, 0.2) is 24.3 Å². The lowest BCUT2D eigenvalue weighted by molar-refractivity contribution is 0.120. The molecule has 1 aliphatic rings. The third-order valence-corrected chi connectivity index (χ3v) is 3.69. The van der Waals surface area contributed by atoms with Gasteiger partial charge in [-0.3, -0.25) is 9.80 Å². The fraction of sp³-hybridized carbons (Fsp3) is 0.600. The fourth-order valence-corrected chi connectivity index (χ4v) is 2.46. The summed E-state index contributed by atoms with van der Waals surface area (Å²) >= 11 is 0. The Morgan fingerprint density at radius 2 is 1.79 bits per heavy atom. The summed E-state index contributed by atoms with van der Waals surface area (Å²) in [7, 11) is 4.27. The van der Waals surface area contributed by atoms with E-state index >= 15 is 0 Å². The highest BCUT2D eigenvalue weighted by Crippen LogP contribution is 2.11. The number of nitrogen functional groups attached to an aromatic ring is 1. The molecule has 0 aliphatic carbocycles. The third kappa shape index (κ3) is 4.82. The van der Waals surface area contributed by atoms with Crippen LogP contribution in [0.3, 0.4) is 0 Å². The molecule has 4 nitrogen and oxygen atoms in total. The molecule has 0 radical (unpaired) electrons. The highest BCUT2D eigenvalue weighted by atomic mass is 15.3. The second-order valence-corrected chi connectivity index (χ2v) is 5.67. The zero-order chi connectivity index (χ0) is 13.7. The van der Waals surface area contributed by atoms with Gasteiger partial charge in [0.15, 0.2) is 0 Å². The molecule has 19 heavy (non-hydrogen) atoms. The number of anilines is 1. The van der Waals surface area contributed by atoms with Gasteiger partial charge in [-0.05, 0) is 31.8 Å². The molecule has 1 aromatic rings. The fourth-order valence-electron chi connectivity index (χ4n) is 2.46.